The molecule has 5 nitrogen and oxygen atoms in total. The molecule has 29 heavy (non-hydrogen) atoms. The van der Waals surface area contributed by atoms with Crippen LogP contribution in [0.1, 0.15) is 11.4 Å². The zero-order valence-electron chi connectivity index (χ0n) is 15.2. The lowest BCUT2D eigenvalue weighted by atomic mass is 10.1. The second-order valence-corrected chi connectivity index (χ2v) is 7.84. The first-order valence-electron chi connectivity index (χ1n) is 8.62. The Hall–Kier alpha value is -2.52. The summed E-state index contributed by atoms with van der Waals surface area (Å²) in [6.45, 7) is 4.26. The summed E-state index contributed by atoms with van der Waals surface area (Å²) in [6.07, 6.45) is 2.33. The number of aromatic nitrogens is 3. The molecule has 3 aromatic rings. The molecule has 1 heterocycles. The maximum absolute atomic E-state index is 13.9. The number of carbonyl (C=O) groups excluding carboxylic acids is 1. The van der Waals surface area contributed by atoms with Gasteiger partial charge in [0.2, 0.25) is 5.91 Å². The zero-order chi connectivity index (χ0) is 20.8. The molecule has 0 aliphatic rings. The van der Waals surface area contributed by atoms with E-state index in [1.54, 1.807) is 6.08 Å². The van der Waals surface area contributed by atoms with E-state index < -0.39 is 17.5 Å². The van der Waals surface area contributed by atoms with Crippen molar-refractivity contribution in [2.45, 2.75) is 18.1 Å². The van der Waals surface area contributed by atoms with Gasteiger partial charge in [-0.05, 0) is 27.6 Å². The molecule has 150 valence electrons. The number of anilines is 1. The number of benzene rings is 2. The minimum Gasteiger partial charge on any atom is -0.322 e. The lowest BCUT2D eigenvalue weighted by molar-refractivity contribution is -0.113. The monoisotopic (exact) mass is 478 g/mol. The van der Waals surface area contributed by atoms with E-state index in [1.807, 2.05) is 34.9 Å². The highest BCUT2D eigenvalue weighted by molar-refractivity contribution is 9.10. The van der Waals surface area contributed by atoms with Crippen molar-refractivity contribution in [3.8, 4) is 0 Å². The number of allylic oxidation sites excluding steroid dienone is 1. The maximum atomic E-state index is 13.9. The summed E-state index contributed by atoms with van der Waals surface area (Å²) in [7, 11) is 0. The van der Waals surface area contributed by atoms with Crippen LogP contribution in [0.15, 0.2) is 64.7 Å². The number of hydrogen-bond donors (Lipinski definition) is 1. The number of rotatable bonds is 8. The average Bonchev–Trinajstić information content (AvgIpc) is 3.05. The second kappa shape index (κ2) is 9.80. The van der Waals surface area contributed by atoms with Gasteiger partial charge in [0.25, 0.3) is 0 Å². The summed E-state index contributed by atoms with van der Waals surface area (Å²) >= 11 is 4.23. The number of halogens is 3. The van der Waals surface area contributed by atoms with Crippen molar-refractivity contribution in [1.82, 2.24) is 14.8 Å². The highest BCUT2D eigenvalue weighted by Gasteiger charge is 2.16. The van der Waals surface area contributed by atoms with Crippen LogP contribution in [0.5, 0.6) is 0 Å². The Morgan fingerprint density at radius 2 is 2.00 bits per heavy atom. The van der Waals surface area contributed by atoms with Gasteiger partial charge >= 0.3 is 0 Å². The van der Waals surface area contributed by atoms with E-state index in [0.717, 1.165) is 17.5 Å². The summed E-state index contributed by atoms with van der Waals surface area (Å²) in [5.74, 6) is -1.28. The molecule has 0 fully saturated rings. The van der Waals surface area contributed by atoms with Gasteiger partial charge in [0.05, 0.1) is 11.4 Å². The van der Waals surface area contributed by atoms with E-state index in [1.165, 1.54) is 11.8 Å². The predicted molar refractivity (Wildman–Crippen MR) is 113 cm³/mol. The van der Waals surface area contributed by atoms with Crippen molar-refractivity contribution < 1.29 is 13.6 Å². The molecule has 1 N–H and O–H groups in total. The van der Waals surface area contributed by atoms with Gasteiger partial charge in [0, 0.05) is 23.5 Å². The van der Waals surface area contributed by atoms with Crippen molar-refractivity contribution in [2.75, 3.05) is 11.1 Å². The highest BCUT2D eigenvalue weighted by atomic mass is 79.9. The predicted octanol–water partition coefficient (Wildman–Crippen LogP) is 4.83. The van der Waals surface area contributed by atoms with E-state index in [4.69, 9.17) is 0 Å². The van der Waals surface area contributed by atoms with E-state index in [9.17, 15) is 13.6 Å². The van der Waals surface area contributed by atoms with Crippen LogP contribution in [-0.2, 0) is 17.8 Å². The Morgan fingerprint density at radius 1 is 1.24 bits per heavy atom. The van der Waals surface area contributed by atoms with Crippen LogP contribution < -0.4 is 5.32 Å². The molecule has 1 aromatic heterocycles. The molecule has 3 rings (SSSR count). The Morgan fingerprint density at radius 3 is 2.69 bits per heavy atom. The summed E-state index contributed by atoms with van der Waals surface area (Å²) in [4.78, 5) is 12.3. The van der Waals surface area contributed by atoms with E-state index in [2.05, 4.69) is 38.0 Å². The molecule has 0 saturated carbocycles. The summed E-state index contributed by atoms with van der Waals surface area (Å²) in [5, 5.41) is 11.4. The quantitative estimate of drug-likeness (QED) is 0.372. The lowest BCUT2D eigenvalue weighted by Gasteiger charge is -2.10. The number of nitrogens with zero attached hydrogens (tertiary/aromatic N) is 3. The third-order valence-electron chi connectivity index (χ3n) is 3.91. The highest BCUT2D eigenvalue weighted by Crippen LogP contribution is 2.27. The summed E-state index contributed by atoms with van der Waals surface area (Å²) in [6, 6.07) is 11.7. The van der Waals surface area contributed by atoms with E-state index in [0.29, 0.717) is 24.2 Å². The number of carbonyl (C=O) groups is 1. The number of amides is 1. The van der Waals surface area contributed by atoms with Crippen molar-refractivity contribution in [3.05, 3.63) is 82.6 Å². The first-order valence-corrected chi connectivity index (χ1v) is 10.4. The van der Waals surface area contributed by atoms with E-state index in [-0.39, 0.29) is 15.9 Å². The lowest BCUT2D eigenvalue weighted by Crippen LogP contribution is -2.16. The van der Waals surface area contributed by atoms with Crippen molar-refractivity contribution in [2.24, 2.45) is 0 Å². The molecular formula is C20H17BrF2N4OS. The van der Waals surface area contributed by atoms with Gasteiger partial charge in [-0.3, -0.25) is 4.79 Å². The SMILES string of the molecule is C=CCn1c(Cc2ccccc2)nnc1SCC(=O)Nc1c(F)cc(F)cc1Br. The van der Waals surface area contributed by atoms with Crippen LogP contribution >= 0.6 is 27.7 Å². The molecule has 0 saturated heterocycles. The molecule has 0 aliphatic carbocycles. The topological polar surface area (TPSA) is 59.8 Å². The van der Waals surface area contributed by atoms with E-state index >= 15 is 0 Å². The van der Waals surface area contributed by atoms with Gasteiger partial charge in [0.15, 0.2) is 11.0 Å². The number of hydrogen-bond acceptors (Lipinski definition) is 4. The third kappa shape index (κ3) is 5.51. The summed E-state index contributed by atoms with van der Waals surface area (Å²) in [5.41, 5.74) is 0.991. The van der Waals surface area contributed by atoms with Crippen LogP contribution in [0.2, 0.25) is 0 Å². The van der Waals surface area contributed by atoms with Gasteiger partial charge in [-0.15, -0.1) is 16.8 Å². The average molecular weight is 479 g/mol. The molecule has 0 atom stereocenters. The number of nitrogens with one attached hydrogen (secondary N) is 1. The molecule has 1 amide bonds. The van der Waals surface area contributed by atoms with Crippen LogP contribution in [0.4, 0.5) is 14.5 Å². The zero-order valence-corrected chi connectivity index (χ0v) is 17.6. The first kappa shape index (κ1) is 21.2. The summed E-state index contributed by atoms with van der Waals surface area (Å²) < 4.78 is 29.1. The minimum absolute atomic E-state index is 0.0100. The van der Waals surface area contributed by atoms with Crippen LogP contribution in [0.25, 0.3) is 0 Å². The Bertz CT molecular complexity index is 1000. The van der Waals surface area contributed by atoms with Gasteiger partial charge in [-0.25, -0.2) is 8.78 Å². The third-order valence-corrected chi connectivity index (χ3v) is 5.51. The Balaban J connectivity index is 1.68. The smallest absolute Gasteiger partial charge is 0.234 e. The maximum Gasteiger partial charge on any atom is 0.234 e. The van der Waals surface area contributed by atoms with Crippen LogP contribution in [0, 0.1) is 11.6 Å². The first-order chi connectivity index (χ1) is 14.0. The van der Waals surface area contributed by atoms with Crippen molar-refractivity contribution in [1.29, 1.82) is 0 Å². The normalized spacial score (nSPS) is 10.7. The molecule has 9 heteroatoms. The minimum atomic E-state index is -0.852. The van der Waals surface area contributed by atoms with Crippen molar-refractivity contribution in [3.63, 3.8) is 0 Å². The Labute approximate surface area is 179 Å². The van der Waals surface area contributed by atoms with Gasteiger partial charge in [-0.2, -0.15) is 0 Å². The molecular weight excluding hydrogens is 462 g/mol. The second-order valence-electron chi connectivity index (χ2n) is 6.04. The number of thioether (sulfide) groups is 1. The fourth-order valence-corrected chi connectivity index (χ4v) is 3.89. The Kier molecular flexibility index (Phi) is 7.16. The molecule has 2 aromatic carbocycles. The van der Waals surface area contributed by atoms with Crippen molar-refractivity contribution >= 4 is 39.3 Å². The van der Waals surface area contributed by atoms with Crippen LogP contribution in [0.3, 0.4) is 0 Å². The molecule has 0 bridgehead atoms. The standard InChI is InChI=1S/C20H17BrF2N4OS/c1-2-8-27-17(9-13-6-4-3-5-7-13)25-26-20(27)29-12-18(28)24-19-15(21)10-14(22)11-16(19)23/h2-7,10-11H,1,8-9,12H2,(H,24,28). The molecule has 0 unspecified atom stereocenters. The van der Waals surface area contributed by atoms with Crippen LogP contribution in [-0.4, -0.2) is 26.4 Å². The molecule has 0 spiro atoms. The fourth-order valence-electron chi connectivity index (χ4n) is 2.61. The molecule has 0 aliphatic heterocycles. The molecule has 0 radical (unpaired) electrons. The van der Waals surface area contributed by atoms with Gasteiger partial charge < -0.3 is 9.88 Å². The van der Waals surface area contributed by atoms with Gasteiger partial charge in [0.1, 0.15) is 11.6 Å². The van der Waals surface area contributed by atoms with Gasteiger partial charge in [-0.1, -0.05) is 48.2 Å². The largest absolute Gasteiger partial charge is 0.322 e. The fraction of sp³-hybridized carbons (Fsp3) is 0.150.